The van der Waals surface area contributed by atoms with E-state index in [1.807, 2.05) is 0 Å². The van der Waals surface area contributed by atoms with Crippen LogP contribution in [0.4, 0.5) is 13.2 Å². The zero-order valence-corrected chi connectivity index (χ0v) is 11.9. The van der Waals surface area contributed by atoms with Crippen molar-refractivity contribution in [3.05, 3.63) is 0 Å². The second-order valence-corrected chi connectivity index (χ2v) is 4.66. The Morgan fingerprint density at radius 1 is 1.16 bits per heavy atom. The van der Waals surface area contributed by atoms with Crippen LogP contribution in [0.5, 0.6) is 0 Å². The minimum Gasteiger partial charge on any atom is -0.383 e. The lowest BCUT2D eigenvalue weighted by Gasteiger charge is -2.17. The van der Waals surface area contributed by atoms with Crippen molar-refractivity contribution < 1.29 is 22.6 Å². The maximum atomic E-state index is 11.9. The number of methoxy groups -OCH3 is 1. The maximum Gasteiger partial charge on any atom is 0.411 e. The SMILES string of the molecule is CCCC(CCCOCC(F)(F)F)CNCCOC. The van der Waals surface area contributed by atoms with E-state index in [-0.39, 0.29) is 6.61 Å². The highest BCUT2D eigenvalue weighted by Gasteiger charge is 2.27. The van der Waals surface area contributed by atoms with E-state index in [9.17, 15) is 13.2 Å². The van der Waals surface area contributed by atoms with E-state index < -0.39 is 12.8 Å². The van der Waals surface area contributed by atoms with Gasteiger partial charge in [-0.1, -0.05) is 13.3 Å². The minimum absolute atomic E-state index is 0.178. The fraction of sp³-hybridized carbons (Fsp3) is 1.00. The van der Waals surface area contributed by atoms with Gasteiger partial charge in [0.1, 0.15) is 6.61 Å². The molecular weight excluding hydrogens is 259 g/mol. The van der Waals surface area contributed by atoms with Crippen LogP contribution in [0.25, 0.3) is 0 Å². The van der Waals surface area contributed by atoms with E-state index in [0.29, 0.717) is 18.9 Å². The number of hydrogen-bond acceptors (Lipinski definition) is 3. The molecule has 116 valence electrons. The van der Waals surface area contributed by atoms with Crippen molar-refractivity contribution in [3.63, 3.8) is 0 Å². The molecule has 3 nitrogen and oxygen atoms in total. The molecule has 0 spiro atoms. The highest BCUT2D eigenvalue weighted by molar-refractivity contribution is 4.62. The molecule has 1 N–H and O–H groups in total. The first kappa shape index (κ1) is 18.7. The van der Waals surface area contributed by atoms with Crippen molar-refractivity contribution in [2.24, 2.45) is 5.92 Å². The molecule has 0 bridgehead atoms. The molecule has 0 aromatic carbocycles. The average molecular weight is 285 g/mol. The largest absolute Gasteiger partial charge is 0.411 e. The minimum atomic E-state index is -4.22. The molecule has 0 amide bonds. The molecule has 19 heavy (non-hydrogen) atoms. The Kier molecular flexibility index (Phi) is 11.3. The smallest absolute Gasteiger partial charge is 0.383 e. The van der Waals surface area contributed by atoms with Gasteiger partial charge in [0.15, 0.2) is 0 Å². The Morgan fingerprint density at radius 3 is 2.47 bits per heavy atom. The lowest BCUT2D eigenvalue weighted by atomic mass is 9.98. The first-order valence-corrected chi connectivity index (χ1v) is 6.83. The van der Waals surface area contributed by atoms with Crippen LogP contribution in [-0.2, 0) is 9.47 Å². The van der Waals surface area contributed by atoms with Gasteiger partial charge in [0.2, 0.25) is 0 Å². The molecule has 0 saturated heterocycles. The van der Waals surface area contributed by atoms with Gasteiger partial charge < -0.3 is 14.8 Å². The highest BCUT2D eigenvalue weighted by Crippen LogP contribution is 2.16. The van der Waals surface area contributed by atoms with Gasteiger partial charge in [-0.05, 0) is 31.7 Å². The molecule has 0 rings (SSSR count). The second kappa shape index (κ2) is 11.5. The lowest BCUT2D eigenvalue weighted by Crippen LogP contribution is -2.26. The van der Waals surface area contributed by atoms with E-state index >= 15 is 0 Å². The van der Waals surface area contributed by atoms with Crippen LogP contribution < -0.4 is 5.32 Å². The molecule has 0 fully saturated rings. The Morgan fingerprint density at radius 2 is 1.89 bits per heavy atom. The van der Waals surface area contributed by atoms with Crippen molar-refractivity contribution in [1.29, 1.82) is 0 Å². The first-order chi connectivity index (χ1) is 8.99. The van der Waals surface area contributed by atoms with Crippen molar-refractivity contribution in [1.82, 2.24) is 5.32 Å². The van der Waals surface area contributed by atoms with Crippen LogP contribution in [0.15, 0.2) is 0 Å². The summed E-state index contributed by atoms with van der Waals surface area (Å²) in [5.74, 6) is 0.497. The summed E-state index contributed by atoms with van der Waals surface area (Å²) in [6.45, 7) is 3.52. The maximum absolute atomic E-state index is 11.9. The Hall–Kier alpha value is -0.330. The van der Waals surface area contributed by atoms with Crippen molar-refractivity contribution in [2.45, 2.75) is 38.8 Å². The molecule has 6 heteroatoms. The molecule has 0 aliphatic carbocycles. The molecular formula is C13H26F3NO2. The first-order valence-electron chi connectivity index (χ1n) is 6.83. The summed E-state index contributed by atoms with van der Waals surface area (Å²) in [5.41, 5.74) is 0. The van der Waals surface area contributed by atoms with Crippen LogP contribution in [0.1, 0.15) is 32.6 Å². The third-order valence-electron chi connectivity index (χ3n) is 2.78. The van der Waals surface area contributed by atoms with Gasteiger partial charge in [-0.2, -0.15) is 13.2 Å². The van der Waals surface area contributed by atoms with Gasteiger partial charge in [-0.15, -0.1) is 0 Å². The number of nitrogens with one attached hydrogen (secondary N) is 1. The monoisotopic (exact) mass is 285 g/mol. The topological polar surface area (TPSA) is 30.5 Å². The molecule has 0 aromatic rings. The van der Waals surface area contributed by atoms with Crippen LogP contribution >= 0.6 is 0 Å². The molecule has 0 aliphatic heterocycles. The van der Waals surface area contributed by atoms with Gasteiger partial charge in [0, 0.05) is 20.3 Å². The van der Waals surface area contributed by atoms with Crippen LogP contribution in [-0.4, -0.2) is 46.2 Å². The summed E-state index contributed by atoms with van der Waals surface area (Å²) in [6, 6.07) is 0. The van der Waals surface area contributed by atoms with Crippen LogP contribution in [0, 0.1) is 5.92 Å². The Labute approximate surface area is 113 Å². The zero-order chi connectivity index (χ0) is 14.6. The van der Waals surface area contributed by atoms with E-state index in [1.165, 1.54) is 0 Å². The van der Waals surface area contributed by atoms with Gasteiger partial charge in [0.25, 0.3) is 0 Å². The molecule has 0 radical (unpaired) electrons. The molecule has 1 unspecified atom stereocenters. The summed E-state index contributed by atoms with van der Waals surface area (Å²) in [4.78, 5) is 0. The Balaban J connectivity index is 3.58. The number of rotatable bonds is 12. The summed E-state index contributed by atoms with van der Waals surface area (Å²) < 4.78 is 45.1. The molecule has 0 aromatic heterocycles. The van der Waals surface area contributed by atoms with Gasteiger partial charge >= 0.3 is 6.18 Å². The van der Waals surface area contributed by atoms with E-state index in [0.717, 1.165) is 32.4 Å². The normalized spacial score (nSPS) is 13.7. The fourth-order valence-electron chi connectivity index (χ4n) is 1.90. The van der Waals surface area contributed by atoms with Gasteiger partial charge in [0.05, 0.1) is 6.61 Å². The molecule has 1 atom stereocenters. The summed E-state index contributed by atoms with van der Waals surface area (Å²) in [6.07, 6.45) is -0.484. The van der Waals surface area contributed by atoms with Crippen molar-refractivity contribution >= 4 is 0 Å². The standard InChI is InChI=1S/C13H26F3NO2/c1-3-5-12(10-17-7-9-18-2)6-4-8-19-11-13(14,15)16/h12,17H,3-11H2,1-2H3. The number of halogens is 3. The summed E-state index contributed by atoms with van der Waals surface area (Å²) in [7, 11) is 1.66. The second-order valence-electron chi connectivity index (χ2n) is 4.66. The van der Waals surface area contributed by atoms with E-state index in [1.54, 1.807) is 7.11 Å². The average Bonchev–Trinajstić information content (AvgIpc) is 2.32. The lowest BCUT2D eigenvalue weighted by molar-refractivity contribution is -0.174. The third kappa shape index (κ3) is 13.9. The molecule has 0 saturated carbocycles. The summed E-state index contributed by atoms with van der Waals surface area (Å²) >= 11 is 0. The number of alkyl halides is 3. The molecule has 0 aliphatic rings. The number of ether oxygens (including phenoxy) is 2. The molecule has 0 heterocycles. The third-order valence-corrected chi connectivity index (χ3v) is 2.78. The zero-order valence-electron chi connectivity index (χ0n) is 11.9. The highest BCUT2D eigenvalue weighted by atomic mass is 19.4. The fourth-order valence-corrected chi connectivity index (χ4v) is 1.90. The Bertz CT molecular complexity index is 201. The number of hydrogen-bond donors (Lipinski definition) is 1. The van der Waals surface area contributed by atoms with Gasteiger partial charge in [-0.3, -0.25) is 0 Å². The van der Waals surface area contributed by atoms with Crippen LogP contribution in [0.2, 0.25) is 0 Å². The predicted octanol–water partition coefficient (Wildman–Crippen LogP) is 3.00. The van der Waals surface area contributed by atoms with E-state index in [4.69, 9.17) is 4.74 Å². The van der Waals surface area contributed by atoms with Crippen molar-refractivity contribution in [2.75, 3.05) is 40.0 Å². The summed E-state index contributed by atoms with van der Waals surface area (Å²) in [5, 5.41) is 3.29. The predicted molar refractivity (Wildman–Crippen MR) is 69.3 cm³/mol. The van der Waals surface area contributed by atoms with Crippen LogP contribution in [0.3, 0.4) is 0 Å². The quantitative estimate of drug-likeness (QED) is 0.559. The van der Waals surface area contributed by atoms with Crippen molar-refractivity contribution in [3.8, 4) is 0 Å². The van der Waals surface area contributed by atoms with E-state index in [2.05, 4.69) is 17.0 Å². The van der Waals surface area contributed by atoms with Gasteiger partial charge in [-0.25, -0.2) is 0 Å².